The highest BCUT2D eigenvalue weighted by atomic mass is 16.6. The van der Waals surface area contributed by atoms with Crippen molar-refractivity contribution in [3.63, 3.8) is 0 Å². The van der Waals surface area contributed by atoms with Gasteiger partial charge in [-0.1, -0.05) is 0 Å². The van der Waals surface area contributed by atoms with Gasteiger partial charge in [0.25, 0.3) is 0 Å². The molecule has 1 fully saturated rings. The van der Waals surface area contributed by atoms with Gasteiger partial charge in [0.05, 0.1) is 12.6 Å². The molecule has 0 radical (unpaired) electrons. The van der Waals surface area contributed by atoms with E-state index in [2.05, 4.69) is 0 Å². The van der Waals surface area contributed by atoms with Crippen LogP contribution >= 0.6 is 0 Å². The minimum atomic E-state index is -1.07. The lowest BCUT2D eigenvalue weighted by Crippen LogP contribution is -2.43. The Hall–Kier alpha value is -1.30. The van der Waals surface area contributed by atoms with Gasteiger partial charge in [0.1, 0.15) is 11.6 Å². The van der Waals surface area contributed by atoms with Crippen molar-refractivity contribution in [3.05, 3.63) is 0 Å². The van der Waals surface area contributed by atoms with Crippen LogP contribution in [0.2, 0.25) is 0 Å². The van der Waals surface area contributed by atoms with Gasteiger partial charge in [-0.25, -0.2) is 9.59 Å². The Morgan fingerprint density at radius 2 is 2.22 bits per heavy atom. The Bertz CT molecular complexity index is 347. The molecule has 0 aromatic rings. The Labute approximate surface area is 108 Å². The number of carboxylic acids is 1. The fraction of sp³-hybridized carbons (Fsp3) is 0.833. The van der Waals surface area contributed by atoms with Crippen LogP contribution in [0.3, 0.4) is 0 Å². The number of ether oxygens (including phenoxy) is 2. The molecule has 104 valence electrons. The summed E-state index contributed by atoms with van der Waals surface area (Å²) < 4.78 is 17.8. The standard InChI is InChI=1S/C12H21NO5/c1-5-17-8-6-9(10(14)15)13(7-8)11(16)18-12(2,3)4/h8-9H,5-7H2,1-4H3,(H,14,15)/t8-,9+/m1/s1/i2D. The summed E-state index contributed by atoms with van der Waals surface area (Å²) in [6.45, 7) is 5.64. The number of nitrogens with zero attached hydrogens (tertiary/aromatic N) is 1. The van der Waals surface area contributed by atoms with Gasteiger partial charge in [0, 0.05) is 14.4 Å². The highest BCUT2D eigenvalue weighted by Crippen LogP contribution is 2.23. The van der Waals surface area contributed by atoms with Crippen molar-refractivity contribution in [2.75, 3.05) is 13.2 Å². The molecule has 18 heavy (non-hydrogen) atoms. The number of carbonyl (C=O) groups is 2. The Morgan fingerprint density at radius 3 is 2.72 bits per heavy atom. The molecule has 1 N–H and O–H groups in total. The highest BCUT2D eigenvalue weighted by Gasteiger charge is 2.41. The number of aliphatic carboxylic acids is 1. The molecule has 0 aromatic carbocycles. The first-order valence-corrected chi connectivity index (χ1v) is 5.94. The molecule has 0 spiro atoms. The molecule has 1 amide bonds. The molecule has 0 unspecified atom stereocenters. The molecular weight excluding hydrogens is 238 g/mol. The first kappa shape index (κ1) is 13.1. The van der Waals surface area contributed by atoms with Crippen molar-refractivity contribution < 1.29 is 25.5 Å². The number of carboxylic acid groups (broad SMARTS) is 1. The normalized spacial score (nSPS) is 24.8. The van der Waals surface area contributed by atoms with Crippen LogP contribution in [-0.4, -0.2) is 53.0 Å². The van der Waals surface area contributed by atoms with E-state index in [0.29, 0.717) is 6.61 Å². The van der Waals surface area contributed by atoms with Crippen molar-refractivity contribution in [2.45, 2.75) is 51.8 Å². The van der Waals surface area contributed by atoms with Gasteiger partial charge in [-0.15, -0.1) is 0 Å². The molecule has 0 saturated carbocycles. The minimum Gasteiger partial charge on any atom is -0.480 e. The van der Waals surface area contributed by atoms with Crippen LogP contribution in [0.4, 0.5) is 4.79 Å². The van der Waals surface area contributed by atoms with Crippen LogP contribution in [0.15, 0.2) is 0 Å². The minimum absolute atomic E-state index is 0.0841. The zero-order valence-corrected chi connectivity index (χ0v) is 11.0. The third-order valence-electron chi connectivity index (χ3n) is 2.55. The zero-order chi connectivity index (χ0) is 14.6. The van der Waals surface area contributed by atoms with Crippen LogP contribution < -0.4 is 0 Å². The maximum atomic E-state index is 12.0. The second-order valence-corrected chi connectivity index (χ2v) is 4.95. The van der Waals surface area contributed by atoms with Gasteiger partial charge >= 0.3 is 12.1 Å². The molecule has 1 saturated heterocycles. The smallest absolute Gasteiger partial charge is 0.411 e. The van der Waals surface area contributed by atoms with E-state index in [1.54, 1.807) is 13.8 Å². The molecule has 0 aromatic heterocycles. The van der Waals surface area contributed by atoms with E-state index in [9.17, 15) is 9.59 Å². The molecule has 1 aliphatic rings. The first-order chi connectivity index (χ1) is 8.80. The maximum Gasteiger partial charge on any atom is 0.411 e. The average molecular weight is 260 g/mol. The van der Waals surface area contributed by atoms with E-state index in [1.807, 2.05) is 6.92 Å². The van der Waals surface area contributed by atoms with Crippen LogP contribution in [0.1, 0.15) is 35.5 Å². The van der Waals surface area contributed by atoms with Gasteiger partial charge in [0.2, 0.25) is 0 Å². The summed E-state index contributed by atoms with van der Waals surface area (Å²) in [7, 11) is 0. The largest absolute Gasteiger partial charge is 0.480 e. The third kappa shape index (κ3) is 3.87. The number of rotatable bonds is 3. The van der Waals surface area contributed by atoms with Crippen LogP contribution in [0, 0.1) is 0 Å². The Morgan fingerprint density at radius 1 is 1.56 bits per heavy atom. The molecule has 1 rings (SSSR count). The van der Waals surface area contributed by atoms with E-state index in [-0.39, 0.29) is 26.0 Å². The average Bonchev–Trinajstić information content (AvgIpc) is 2.73. The van der Waals surface area contributed by atoms with Crippen LogP contribution in [-0.2, 0) is 14.3 Å². The van der Waals surface area contributed by atoms with Crippen molar-refractivity contribution in [2.24, 2.45) is 0 Å². The molecule has 0 bridgehead atoms. The number of carbonyl (C=O) groups excluding carboxylic acids is 1. The van der Waals surface area contributed by atoms with E-state index in [0.717, 1.165) is 0 Å². The van der Waals surface area contributed by atoms with E-state index >= 15 is 0 Å². The second kappa shape index (κ2) is 5.56. The van der Waals surface area contributed by atoms with Gasteiger partial charge < -0.3 is 14.6 Å². The summed E-state index contributed by atoms with van der Waals surface area (Å²) >= 11 is 0. The second-order valence-electron chi connectivity index (χ2n) is 4.95. The summed E-state index contributed by atoms with van der Waals surface area (Å²) in [6.07, 6.45) is -0.718. The van der Waals surface area contributed by atoms with Crippen molar-refractivity contribution >= 4 is 12.1 Å². The van der Waals surface area contributed by atoms with E-state index < -0.39 is 23.7 Å². The number of hydrogen-bond acceptors (Lipinski definition) is 4. The molecule has 1 aliphatic heterocycles. The maximum absolute atomic E-state index is 12.0. The summed E-state index contributed by atoms with van der Waals surface area (Å²) in [5, 5.41) is 9.13. The molecule has 2 atom stereocenters. The summed E-state index contributed by atoms with van der Waals surface area (Å²) in [4.78, 5) is 24.3. The monoisotopic (exact) mass is 260 g/mol. The van der Waals surface area contributed by atoms with Gasteiger partial charge in [-0.3, -0.25) is 4.90 Å². The predicted octanol–water partition coefficient (Wildman–Crippen LogP) is 1.49. The zero-order valence-electron chi connectivity index (χ0n) is 12.0. The predicted molar refractivity (Wildman–Crippen MR) is 64.4 cm³/mol. The summed E-state index contributed by atoms with van der Waals surface area (Å²) in [5.41, 5.74) is -0.927. The third-order valence-corrected chi connectivity index (χ3v) is 2.55. The lowest BCUT2D eigenvalue weighted by molar-refractivity contribution is -0.142. The van der Waals surface area contributed by atoms with Gasteiger partial charge in [-0.05, 0) is 27.7 Å². The Kier molecular flexibility index (Phi) is 4.06. The molecule has 0 aliphatic carbocycles. The van der Waals surface area contributed by atoms with Crippen molar-refractivity contribution in [1.29, 1.82) is 0 Å². The summed E-state index contributed by atoms with van der Waals surface area (Å²) in [6, 6.07) is -0.925. The van der Waals surface area contributed by atoms with E-state index in [1.165, 1.54) is 4.90 Å². The molecule has 6 heteroatoms. The van der Waals surface area contributed by atoms with Crippen molar-refractivity contribution in [1.82, 2.24) is 4.90 Å². The van der Waals surface area contributed by atoms with Crippen molar-refractivity contribution in [3.8, 4) is 0 Å². The molecule has 6 nitrogen and oxygen atoms in total. The quantitative estimate of drug-likeness (QED) is 0.832. The van der Waals surface area contributed by atoms with E-state index in [4.69, 9.17) is 16.0 Å². The van der Waals surface area contributed by atoms with Crippen LogP contribution in [0.5, 0.6) is 0 Å². The van der Waals surface area contributed by atoms with Gasteiger partial charge in [-0.2, -0.15) is 0 Å². The molecule has 1 heterocycles. The lowest BCUT2D eigenvalue weighted by Gasteiger charge is -2.26. The number of likely N-dealkylation sites (tertiary alicyclic amines) is 1. The molecular formula is C12H21NO5. The topological polar surface area (TPSA) is 76.1 Å². The fourth-order valence-electron chi connectivity index (χ4n) is 1.88. The summed E-state index contributed by atoms with van der Waals surface area (Å²) in [5.74, 6) is -1.07. The van der Waals surface area contributed by atoms with Gasteiger partial charge in [0.15, 0.2) is 0 Å². The Balaban J connectivity index is 2.73. The first-order valence-electron chi connectivity index (χ1n) is 6.64. The number of amides is 1. The SMILES string of the molecule is [2H]CC(C)(C)OC(=O)N1C[C@H](OCC)C[C@H]1C(=O)O. The highest BCUT2D eigenvalue weighted by molar-refractivity contribution is 5.81. The lowest BCUT2D eigenvalue weighted by atomic mass is 10.2. The number of hydrogen-bond donors (Lipinski definition) is 1. The fourth-order valence-corrected chi connectivity index (χ4v) is 1.88. The van der Waals surface area contributed by atoms with Crippen LogP contribution in [0.25, 0.3) is 0 Å².